The highest BCUT2D eigenvalue weighted by Crippen LogP contribution is 1.89. The number of aliphatic hydroxyl groups is 2. The van der Waals surface area contributed by atoms with Crippen molar-refractivity contribution in [3.63, 3.8) is 0 Å². The van der Waals surface area contributed by atoms with E-state index in [1.54, 1.807) is 0 Å². The van der Waals surface area contributed by atoms with Crippen LogP contribution in [0.15, 0.2) is 0 Å². The van der Waals surface area contributed by atoms with Gasteiger partial charge < -0.3 is 20.8 Å². The minimum atomic E-state index is -0.748. The van der Waals surface area contributed by atoms with E-state index in [1.807, 2.05) is 13.8 Å². The SMILES string of the molecule is CCC(C)NC(=O)CCNCC(O)CO. The largest absolute Gasteiger partial charge is 0.394 e. The van der Waals surface area contributed by atoms with Crippen LogP contribution < -0.4 is 10.6 Å². The second kappa shape index (κ2) is 8.64. The molecule has 5 heteroatoms. The van der Waals surface area contributed by atoms with Crippen LogP contribution in [0.1, 0.15) is 26.7 Å². The van der Waals surface area contributed by atoms with E-state index >= 15 is 0 Å². The predicted molar refractivity (Wildman–Crippen MR) is 58.5 cm³/mol. The standard InChI is InChI=1S/C10H22N2O3/c1-3-8(2)12-10(15)4-5-11-6-9(14)7-13/h8-9,11,13-14H,3-7H2,1-2H3,(H,12,15). The van der Waals surface area contributed by atoms with Crippen LogP contribution in [0.3, 0.4) is 0 Å². The average Bonchev–Trinajstić information content (AvgIpc) is 2.23. The maximum absolute atomic E-state index is 11.3. The molecule has 0 bridgehead atoms. The van der Waals surface area contributed by atoms with Gasteiger partial charge in [0.1, 0.15) is 0 Å². The first kappa shape index (κ1) is 14.3. The van der Waals surface area contributed by atoms with Crippen molar-refractivity contribution < 1.29 is 15.0 Å². The lowest BCUT2D eigenvalue weighted by Crippen LogP contribution is -2.36. The Hall–Kier alpha value is -0.650. The molecule has 15 heavy (non-hydrogen) atoms. The zero-order chi connectivity index (χ0) is 11.7. The van der Waals surface area contributed by atoms with E-state index in [0.29, 0.717) is 19.5 Å². The number of carbonyl (C=O) groups is 1. The fourth-order valence-corrected chi connectivity index (χ4v) is 0.984. The molecule has 4 N–H and O–H groups in total. The molecular formula is C10H22N2O3. The Labute approximate surface area is 90.9 Å². The first-order valence-electron chi connectivity index (χ1n) is 5.39. The Morgan fingerprint density at radius 3 is 2.67 bits per heavy atom. The van der Waals surface area contributed by atoms with E-state index in [1.165, 1.54) is 0 Å². The lowest BCUT2D eigenvalue weighted by Gasteiger charge is -2.12. The maximum atomic E-state index is 11.3. The third-order valence-electron chi connectivity index (χ3n) is 2.14. The minimum absolute atomic E-state index is 0.00957. The lowest BCUT2D eigenvalue weighted by molar-refractivity contribution is -0.121. The Morgan fingerprint density at radius 2 is 2.13 bits per heavy atom. The van der Waals surface area contributed by atoms with Crippen LogP contribution in [0.25, 0.3) is 0 Å². The molecule has 0 spiro atoms. The summed E-state index contributed by atoms with van der Waals surface area (Å²) >= 11 is 0. The summed E-state index contributed by atoms with van der Waals surface area (Å²) in [5.74, 6) is 0.00957. The van der Waals surface area contributed by atoms with Crippen molar-refractivity contribution in [1.29, 1.82) is 0 Å². The molecule has 0 aliphatic heterocycles. The molecule has 0 fully saturated rings. The summed E-state index contributed by atoms with van der Waals surface area (Å²) in [5.41, 5.74) is 0. The Bertz CT molecular complexity index is 176. The fourth-order valence-electron chi connectivity index (χ4n) is 0.984. The van der Waals surface area contributed by atoms with Gasteiger partial charge in [0.05, 0.1) is 12.7 Å². The van der Waals surface area contributed by atoms with Gasteiger partial charge in [-0.2, -0.15) is 0 Å². The molecule has 0 aromatic heterocycles. The van der Waals surface area contributed by atoms with Crippen molar-refractivity contribution in [3.05, 3.63) is 0 Å². The van der Waals surface area contributed by atoms with Crippen LogP contribution in [0.5, 0.6) is 0 Å². The van der Waals surface area contributed by atoms with Gasteiger partial charge in [-0.1, -0.05) is 6.92 Å². The van der Waals surface area contributed by atoms with Crippen molar-refractivity contribution in [2.24, 2.45) is 0 Å². The van der Waals surface area contributed by atoms with Crippen molar-refractivity contribution >= 4 is 5.91 Å². The summed E-state index contributed by atoms with van der Waals surface area (Å²) in [5, 5.41) is 23.2. The smallest absolute Gasteiger partial charge is 0.221 e. The summed E-state index contributed by atoms with van der Waals surface area (Å²) in [7, 11) is 0. The van der Waals surface area contributed by atoms with Gasteiger partial charge in [0.15, 0.2) is 0 Å². The van der Waals surface area contributed by atoms with E-state index < -0.39 is 6.10 Å². The summed E-state index contributed by atoms with van der Waals surface area (Å²) in [6.07, 6.45) is 0.563. The summed E-state index contributed by atoms with van der Waals surface area (Å²) in [4.78, 5) is 11.3. The van der Waals surface area contributed by atoms with Gasteiger partial charge in [0, 0.05) is 25.6 Å². The lowest BCUT2D eigenvalue weighted by atomic mass is 10.2. The van der Waals surface area contributed by atoms with Crippen molar-refractivity contribution in [2.75, 3.05) is 19.7 Å². The van der Waals surface area contributed by atoms with Crippen LogP contribution in [-0.2, 0) is 4.79 Å². The van der Waals surface area contributed by atoms with Gasteiger partial charge in [-0.25, -0.2) is 0 Å². The highest BCUT2D eigenvalue weighted by molar-refractivity contribution is 5.76. The van der Waals surface area contributed by atoms with Crippen LogP contribution in [0, 0.1) is 0 Å². The normalized spacial score (nSPS) is 14.7. The van der Waals surface area contributed by atoms with E-state index in [-0.39, 0.29) is 18.6 Å². The molecule has 0 aliphatic carbocycles. The Kier molecular flexibility index (Phi) is 8.27. The Morgan fingerprint density at radius 1 is 1.47 bits per heavy atom. The van der Waals surface area contributed by atoms with Gasteiger partial charge in [-0.15, -0.1) is 0 Å². The van der Waals surface area contributed by atoms with Gasteiger partial charge >= 0.3 is 0 Å². The topological polar surface area (TPSA) is 81.6 Å². The highest BCUT2D eigenvalue weighted by Gasteiger charge is 2.05. The number of amides is 1. The first-order valence-corrected chi connectivity index (χ1v) is 5.39. The molecule has 0 radical (unpaired) electrons. The summed E-state index contributed by atoms with van der Waals surface area (Å²) in [6, 6.07) is 0.209. The molecule has 0 saturated carbocycles. The number of hydrogen-bond donors (Lipinski definition) is 4. The number of carbonyl (C=O) groups excluding carboxylic acids is 1. The van der Waals surface area contributed by atoms with Crippen LogP contribution in [-0.4, -0.2) is 48.0 Å². The number of nitrogens with one attached hydrogen (secondary N) is 2. The van der Waals surface area contributed by atoms with E-state index in [0.717, 1.165) is 6.42 Å². The molecule has 90 valence electrons. The third kappa shape index (κ3) is 8.35. The highest BCUT2D eigenvalue weighted by atomic mass is 16.3. The molecule has 0 aromatic rings. The van der Waals surface area contributed by atoms with Crippen LogP contribution >= 0.6 is 0 Å². The van der Waals surface area contributed by atoms with Crippen LogP contribution in [0.4, 0.5) is 0 Å². The molecule has 2 unspecified atom stereocenters. The van der Waals surface area contributed by atoms with Crippen LogP contribution in [0.2, 0.25) is 0 Å². The van der Waals surface area contributed by atoms with Crippen molar-refractivity contribution in [1.82, 2.24) is 10.6 Å². The van der Waals surface area contributed by atoms with Gasteiger partial charge in [-0.05, 0) is 13.3 Å². The predicted octanol–water partition coefficient (Wildman–Crippen LogP) is -0.766. The molecule has 0 rings (SSSR count). The zero-order valence-corrected chi connectivity index (χ0v) is 9.49. The third-order valence-corrected chi connectivity index (χ3v) is 2.14. The van der Waals surface area contributed by atoms with Gasteiger partial charge in [-0.3, -0.25) is 4.79 Å². The maximum Gasteiger partial charge on any atom is 0.221 e. The summed E-state index contributed by atoms with van der Waals surface area (Å²) in [6.45, 7) is 4.54. The quantitative estimate of drug-likeness (QED) is 0.403. The second-order valence-electron chi connectivity index (χ2n) is 3.67. The molecule has 2 atom stereocenters. The fraction of sp³-hybridized carbons (Fsp3) is 0.900. The monoisotopic (exact) mass is 218 g/mol. The Balaban J connectivity index is 3.39. The van der Waals surface area contributed by atoms with Gasteiger partial charge in [0.2, 0.25) is 5.91 Å². The zero-order valence-electron chi connectivity index (χ0n) is 9.49. The molecular weight excluding hydrogens is 196 g/mol. The summed E-state index contributed by atoms with van der Waals surface area (Å²) < 4.78 is 0. The average molecular weight is 218 g/mol. The number of rotatable bonds is 8. The number of aliphatic hydroxyl groups excluding tert-OH is 2. The number of hydrogen-bond acceptors (Lipinski definition) is 4. The first-order chi connectivity index (χ1) is 7.10. The van der Waals surface area contributed by atoms with Crippen molar-refractivity contribution in [3.8, 4) is 0 Å². The molecule has 0 aliphatic rings. The molecule has 0 heterocycles. The van der Waals surface area contributed by atoms with Gasteiger partial charge in [0.25, 0.3) is 0 Å². The molecule has 5 nitrogen and oxygen atoms in total. The van der Waals surface area contributed by atoms with Crippen molar-refractivity contribution in [2.45, 2.75) is 38.8 Å². The molecule has 1 amide bonds. The van der Waals surface area contributed by atoms with E-state index in [9.17, 15) is 4.79 Å². The minimum Gasteiger partial charge on any atom is -0.394 e. The van der Waals surface area contributed by atoms with E-state index in [4.69, 9.17) is 10.2 Å². The molecule has 0 aromatic carbocycles. The van der Waals surface area contributed by atoms with E-state index in [2.05, 4.69) is 10.6 Å². The second-order valence-corrected chi connectivity index (χ2v) is 3.67. The molecule has 0 saturated heterocycles.